The van der Waals surface area contributed by atoms with E-state index in [0.717, 1.165) is 24.2 Å². The van der Waals surface area contributed by atoms with Gasteiger partial charge in [0.05, 0.1) is 5.56 Å². The Morgan fingerprint density at radius 2 is 2.17 bits per heavy atom. The second-order valence-electron chi connectivity index (χ2n) is 4.36. The normalized spacial score (nSPS) is 13.9. The molecular formula is C13H19NO3S. The van der Waals surface area contributed by atoms with Crippen molar-refractivity contribution in [1.82, 2.24) is 0 Å². The highest BCUT2D eigenvalue weighted by molar-refractivity contribution is 7.84. The highest BCUT2D eigenvalue weighted by Crippen LogP contribution is 2.15. The zero-order chi connectivity index (χ0) is 13.7. The van der Waals surface area contributed by atoms with Crippen LogP contribution in [-0.2, 0) is 10.8 Å². The summed E-state index contributed by atoms with van der Waals surface area (Å²) >= 11 is 0. The molecule has 0 saturated heterocycles. The minimum Gasteiger partial charge on any atom is -0.478 e. The molecule has 100 valence electrons. The summed E-state index contributed by atoms with van der Waals surface area (Å²) in [5.41, 5.74) is 1.95. The maximum Gasteiger partial charge on any atom is 0.335 e. The summed E-state index contributed by atoms with van der Waals surface area (Å²) in [4.78, 5) is 10.9. The van der Waals surface area contributed by atoms with Crippen molar-refractivity contribution in [2.24, 2.45) is 0 Å². The van der Waals surface area contributed by atoms with Gasteiger partial charge in [-0.1, -0.05) is 6.92 Å². The minimum absolute atomic E-state index is 0.164. The number of aryl methyl sites for hydroxylation is 1. The Morgan fingerprint density at radius 1 is 1.50 bits per heavy atom. The molecule has 1 aromatic carbocycles. The molecule has 0 saturated carbocycles. The first kappa shape index (κ1) is 14.7. The van der Waals surface area contributed by atoms with Crippen LogP contribution in [-0.4, -0.2) is 33.3 Å². The van der Waals surface area contributed by atoms with Crippen LogP contribution in [0.2, 0.25) is 0 Å². The first-order valence-corrected chi connectivity index (χ1v) is 7.44. The van der Waals surface area contributed by atoms with Crippen molar-refractivity contribution in [2.45, 2.75) is 25.5 Å². The van der Waals surface area contributed by atoms with Crippen molar-refractivity contribution in [2.75, 3.05) is 18.1 Å². The van der Waals surface area contributed by atoms with E-state index in [1.807, 2.05) is 13.0 Å². The first-order chi connectivity index (χ1) is 8.41. The lowest BCUT2D eigenvalue weighted by molar-refractivity contribution is 0.0696. The van der Waals surface area contributed by atoms with Crippen LogP contribution < -0.4 is 5.32 Å². The molecule has 4 nitrogen and oxygen atoms in total. The summed E-state index contributed by atoms with van der Waals surface area (Å²) in [6, 6.07) is 5.17. The molecule has 0 amide bonds. The number of nitrogens with one attached hydrogen (secondary N) is 1. The van der Waals surface area contributed by atoms with Crippen LogP contribution in [0.5, 0.6) is 0 Å². The SMILES string of the molecule is Cc1cc(NCCC(C)S(C)=O)ccc1C(=O)O. The van der Waals surface area contributed by atoms with Crippen molar-refractivity contribution in [3.05, 3.63) is 29.3 Å². The van der Waals surface area contributed by atoms with E-state index in [4.69, 9.17) is 5.11 Å². The third-order valence-corrected chi connectivity index (χ3v) is 4.27. The molecule has 1 aromatic rings. The summed E-state index contributed by atoms with van der Waals surface area (Å²) in [6.07, 6.45) is 2.53. The second kappa shape index (κ2) is 6.54. The molecule has 0 radical (unpaired) electrons. The molecule has 0 fully saturated rings. The fourth-order valence-corrected chi connectivity index (χ4v) is 2.05. The van der Waals surface area contributed by atoms with Gasteiger partial charge in [0.1, 0.15) is 0 Å². The topological polar surface area (TPSA) is 66.4 Å². The molecule has 0 bridgehead atoms. The summed E-state index contributed by atoms with van der Waals surface area (Å²) in [6.45, 7) is 4.46. The summed E-state index contributed by atoms with van der Waals surface area (Å²) < 4.78 is 11.2. The van der Waals surface area contributed by atoms with Crippen molar-refractivity contribution < 1.29 is 14.1 Å². The van der Waals surface area contributed by atoms with Gasteiger partial charge in [0.15, 0.2) is 0 Å². The standard InChI is InChI=1S/C13H19NO3S/c1-9-8-11(4-5-12(9)13(15)16)14-7-6-10(2)18(3)17/h4-5,8,10,14H,6-7H2,1-3H3,(H,15,16). The molecule has 0 heterocycles. The van der Waals surface area contributed by atoms with Gasteiger partial charge in [-0.05, 0) is 37.1 Å². The minimum atomic E-state index is -0.908. The lowest BCUT2D eigenvalue weighted by Gasteiger charge is -2.11. The Morgan fingerprint density at radius 3 is 2.67 bits per heavy atom. The van der Waals surface area contributed by atoms with E-state index in [2.05, 4.69) is 5.32 Å². The van der Waals surface area contributed by atoms with Gasteiger partial charge in [0.2, 0.25) is 0 Å². The number of carboxylic acid groups (broad SMARTS) is 1. The number of hydrogen-bond donors (Lipinski definition) is 2. The Balaban J connectivity index is 2.56. The van der Waals surface area contributed by atoms with Crippen molar-refractivity contribution in [1.29, 1.82) is 0 Å². The number of hydrogen-bond acceptors (Lipinski definition) is 3. The van der Waals surface area contributed by atoms with Gasteiger partial charge >= 0.3 is 5.97 Å². The average molecular weight is 269 g/mol. The van der Waals surface area contributed by atoms with E-state index in [-0.39, 0.29) is 5.25 Å². The Labute approximate surface area is 110 Å². The lowest BCUT2D eigenvalue weighted by Crippen LogP contribution is -2.15. The maximum absolute atomic E-state index is 11.2. The molecule has 0 spiro atoms. The van der Waals surface area contributed by atoms with Crippen LogP contribution in [0.3, 0.4) is 0 Å². The zero-order valence-corrected chi connectivity index (χ0v) is 11.7. The van der Waals surface area contributed by atoms with E-state index in [1.54, 1.807) is 25.3 Å². The molecule has 2 atom stereocenters. The predicted octanol–water partition coefficient (Wildman–Crippen LogP) is 2.26. The Hall–Kier alpha value is -1.36. The van der Waals surface area contributed by atoms with Crippen molar-refractivity contribution >= 4 is 22.5 Å². The Bertz CT molecular complexity index is 460. The van der Waals surface area contributed by atoms with Crippen LogP contribution in [0.25, 0.3) is 0 Å². The quantitative estimate of drug-likeness (QED) is 0.831. The monoisotopic (exact) mass is 269 g/mol. The zero-order valence-electron chi connectivity index (χ0n) is 10.9. The van der Waals surface area contributed by atoms with Crippen LogP contribution in [0.4, 0.5) is 5.69 Å². The largest absolute Gasteiger partial charge is 0.478 e. The lowest BCUT2D eigenvalue weighted by atomic mass is 10.1. The van der Waals surface area contributed by atoms with Gasteiger partial charge in [-0.25, -0.2) is 4.79 Å². The molecule has 18 heavy (non-hydrogen) atoms. The van der Waals surface area contributed by atoms with E-state index in [9.17, 15) is 9.00 Å². The van der Waals surface area contributed by atoms with Crippen LogP contribution in [0.15, 0.2) is 18.2 Å². The number of carbonyl (C=O) groups is 1. The molecular weight excluding hydrogens is 250 g/mol. The van der Waals surface area contributed by atoms with Gasteiger partial charge in [-0.3, -0.25) is 4.21 Å². The first-order valence-electron chi connectivity index (χ1n) is 5.82. The molecule has 0 aliphatic rings. The molecule has 0 aromatic heterocycles. The van der Waals surface area contributed by atoms with E-state index in [0.29, 0.717) is 5.56 Å². The highest BCUT2D eigenvalue weighted by atomic mass is 32.2. The molecule has 5 heteroatoms. The molecule has 2 N–H and O–H groups in total. The van der Waals surface area contributed by atoms with E-state index < -0.39 is 16.8 Å². The highest BCUT2D eigenvalue weighted by Gasteiger charge is 2.08. The maximum atomic E-state index is 11.2. The van der Waals surface area contributed by atoms with Crippen LogP contribution in [0.1, 0.15) is 29.3 Å². The molecule has 0 aliphatic heterocycles. The second-order valence-corrected chi connectivity index (χ2v) is 6.16. The average Bonchev–Trinajstić information content (AvgIpc) is 2.28. The summed E-state index contributed by atoms with van der Waals surface area (Å²) in [5, 5.41) is 12.3. The molecule has 0 aliphatic carbocycles. The number of anilines is 1. The predicted molar refractivity (Wildman–Crippen MR) is 74.8 cm³/mol. The molecule has 1 rings (SSSR count). The van der Waals surface area contributed by atoms with E-state index >= 15 is 0 Å². The third-order valence-electron chi connectivity index (χ3n) is 2.90. The van der Waals surface area contributed by atoms with Crippen molar-refractivity contribution in [3.8, 4) is 0 Å². The molecule has 2 unspecified atom stereocenters. The van der Waals surface area contributed by atoms with Gasteiger partial charge < -0.3 is 10.4 Å². The number of rotatable bonds is 6. The summed E-state index contributed by atoms with van der Waals surface area (Å²) in [5.74, 6) is -0.908. The number of carboxylic acids is 1. The van der Waals surface area contributed by atoms with Crippen LogP contribution in [0, 0.1) is 6.92 Å². The van der Waals surface area contributed by atoms with Gasteiger partial charge in [-0.15, -0.1) is 0 Å². The fourth-order valence-electron chi connectivity index (χ4n) is 1.60. The Kier molecular flexibility index (Phi) is 5.34. The van der Waals surface area contributed by atoms with Gasteiger partial charge in [0.25, 0.3) is 0 Å². The van der Waals surface area contributed by atoms with Crippen LogP contribution >= 0.6 is 0 Å². The number of aromatic carboxylic acids is 1. The third kappa shape index (κ3) is 4.14. The summed E-state index contributed by atoms with van der Waals surface area (Å²) in [7, 11) is -0.800. The van der Waals surface area contributed by atoms with Gasteiger partial charge in [0, 0.05) is 34.5 Å². The smallest absolute Gasteiger partial charge is 0.335 e. The number of benzene rings is 1. The fraction of sp³-hybridized carbons (Fsp3) is 0.462. The van der Waals surface area contributed by atoms with E-state index in [1.165, 1.54) is 0 Å². The van der Waals surface area contributed by atoms with Crippen molar-refractivity contribution in [3.63, 3.8) is 0 Å². The van der Waals surface area contributed by atoms with Gasteiger partial charge in [-0.2, -0.15) is 0 Å².